The van der Waals surface area contributed by atoms with Crippen LogP contribution in [0.2, 0.25) is 0 Å². The Morgan fingerprint density at radius 1 is 1.50 bits per heavy atom. The first-order valence-corrected chi connectivity index (χ1v) is 7.84. The summed E-state index contributed by atoms with van der Waals surface area (Å²) in [6.07, 6.45) is 6.30. The second kappa shape index (κ2) is 8.42. The van der Waals surface area contributed by atoms with E-state index in [0.717, 1.165) is 24.5 Å². The maximum atomic E-state index is 11.1. The Balaban J connectivity index is 2.38. The molecule has 1 aliphatic rings. The van der Waals surface area contributed by atoms with Crippen LogP contribution in [-0.4, -0.2) is 24.1 Å². The normalized spacial score (nSPS) is 27.5. The van der Waals surface area contributed by atoms with Crippen LogP contribution in [0.25, 0.3) is 0 Å². The zero-order valence-corrected chi connectivity index (χ0v) is 12.2. The van der Waals surface area contributed by atoms with Crippen LogP contribution in [0.15, 0.2) is 0 Å². The molecule has 0 saturated heterocycles. The number of ether oxygens (including phenoxy) is 1. The lowest BCUT2D eigenvalue weighted by molar-refractivity contribution is -0.140. The van der Waals surface area contributed by atoms with Crippen LogP contribution in [-0.2, 0) is 9.53 Å². The van der Waals surface area contributed by atoms with Crippen LogP contribution < -0.4 is 0 Å². The molecule has 1 saturated carbocycles. The van der Waals surface area contributed by atoms with Gasteiger partial charge in [0, 0.05) is 11.0 Å². The predicted molar refractivity (Wildman–Crippen MR) is 74.2 cm³/mol. The van der Waals surface area contributed by atoms with Gasteiger partial charge in [0.15, 0.2) is 0 Å². The quantitative estimate of drug-likeness (QED) is 0.693. The molecule has 0 aliphatic heterocycles. The summed E-state index contributed by atoms with van der Waals surface area (Å²) in [5, 5.41) is 9.58. The van der Waals surface area contributed by atoms with Gasteiger partial charge in [0.05, 0.1) is 25.5 Å². The van der Waals surface area contributed by atoms with Crippen molar-refractivity contribution in [2.45, 2.75) is 50.7 Å². The van der Waals surface area contributed by atoms with Gasteiger partial charge in [-0.1, -0.05) is 19.8 Å². The lowest BCUT2D eigenvalue weighted by Crippen LogP contribution is -2.26. The third-order valence-corrected chi connectivity index (χ3v) is 5.02. The van der Waals surface area contributed by atoms with Crippen LogP contribution in [0.3, 0.4) is 0 Å². The summed E-state index contributed by atoms with van der Waals surface area (Å²) in [6.45, 7) is 2.22. The van der Waals surface area contributed by atoms with Gasteiger partial charge in [-0.2, -0.15) is 17.0 Å². The van der Waals surface area contributed by atoms with Crippen molar-refractivity contribution in [1.82, 2.24) is 0 Å². The van der Waals surface area contributed by atoms with Crippen LogP contribution in [0, 0.1) is 23.2 Å². The summed E-state index contributed by atoms with van der Waals surface area (Å²) in [4.78, 5) is 11.1. The summed E-state index contributed by atoms with van der Waals surface area (Å²) in [6, 6.07) is 2.43. The molecule has 0 N–H and O–H groups in total. The minimum Gasteiger partial charge on any atom is -0.469 e. The molecule has 0 amide bonds. The molecule has 0 radical (unpaired) electrons. The summed E-state index contributed by atoms with van der Waals surface area (Å²) in [5.74, 6) is 1.56. The average Bonchev–Trinajstić information content (AvgIpc) is 2.39. The number of carbonyl (C=O) groups is 1. The first kappa shape index (κ1) is 15.4. The van der Waals surface area contributed by atoms with Gasteiger partial charge in [-0.05, 0) is 25.2 Å². The Morgan fingerprint density at radius 3 is 2.89 bits per heavy atom. The maximum Gasteiger partial charge on any atom is 0.306 e. The van der Waals surface area contributed by atoms with Gasteiger partial charge in [0.25, 0.3) is 0 Å². The fourth-order valence-electron chi connectivity index (χ4n) is 2.61. The van der Waals surface area contributed by atoms with E-state index in [1.54, 1.807) is 11.8 Å². The van der Waals surface area contributed by atoms with Crippen molar-refractivity contribution in [3.63, 3.8) is 0 Å². The summed E-state index contributed by atoms with van der Waals surface area (Å²) in [7, 11) is 1.42. The van der Waals surface area contributed by atoms with Crippen LogP contribution >= 0.6 is 11.8 Å². The standard InChI is InChI=1S/C14H23NO2S/c1-3-4-11-5-6-12(10-15)13(9-11)18-8-7-14(16)17-2/h11-13H,3-9H2,1-2H3. The van der Waals surface area contributed by atoms with E-state index in [0.29, 0.717) is 11.7 Å². The fraction of sp³-hybridized carbons (Fsp3) is 0.857. The van der Waals surface area contributed by atoms with Gasteiger partial charge in [-0.25, -0.2) is 0 Å². The third-order valence-electron chi connectivity index (χ3n) is 3.63. The molecule has 102 valence electrons. The maximum absolute atomic E-state index is 11.1. The molecule has 3 nitrogen and oxygen atoms in total. The van der Waals surface area contributed by atoms with E-state index in [4.69, 9.17) is 0 Å². The number of carbonyl (C=O) groups excluding carboxylic acids is 1. The highest BCUT2D eigenvalue weighted by Crippen LogP contribution is 2.38. The Hall–Kier alpha value is -0.690. The lowest BCUT2D eigenvalue weighted by atomic mass is 9.80. The number of hydrogen-bond acceptors (Lipinski definition) is 4. The highest BCUT2D eigenvalue weighted by Gasteiger charge is 2.30. The molecule has 0 aromatic heterocycles. The summed E-state index contributed by atoms with van der Waals surface area (Å²) < 4.78 is 4.64. The Kier molecular flexibility index (Phi) is 7.19. The predicted octanol–water partition coefficient (Wildman–Crippen LogP) is 3.39. The molecule has 18 heavy (non-hydrogen) atoms. The highest BCUT2D eigenvalue weighted by molar-refractivity contribution is 7.99. The second-order valence-corrected chi connectivity index (χ2v) is 6.29. The van der Waals surface area contributed by atoms with Gasteiger partial charge in [-0.15, -0.1) is 0 Å². The van der Waals surface area contributed by atoms with Crippen molar-refractivity contribution in [3.8, 4) is 6.07 Å². The number of rotatable bonds is 6. The molecule has 0 heterocycles. The van der Waals surface area contributed by atoms with E-state index in [1.807, 2.05) is 0 Å². The molecule has 3 unspecified atom stereocenters. The van der Waals surface area contributed by atoms with E-state index < -0.39 is 0 Å². The Morgan fingerprint density at radius 2 is 2.28 bits per heavy atom. The monoisotopic (exact) mass is 269 g/mol. The van der Waals surface area contributed by atoms with Crippen molar-refractivity contribution in [2.75, 3.05) is 12.9 Å². The Bertz CT molecular complexity index is 301. The number of hydrogen-bond donors (Lipinski definition) is 0. The minimum absolute atomic E-state index is 0.156. The van der Waals surface area contributed by atoms with Gasteiger partial charge < -0.3 is 4.74 Å². The molecule has 3 atom stereocenters. The van der Waals surface area contributed by atoms with Gasteiger partial charge in [0.2, 0.25) is 0 Å². The Labute approximate surface area is 114 Å². The zero-order valence-electron chi connectivity index (χ0n) is 11.4. The van der Waals surface area contributed by atoms with E-state index in [-0.39, 0.29) is 11.9 Å². The summed E-state index contributed by atoms with van der Waals surface area (Å²) >= 11 is 1.78. The molecular formula is C14H23NO2S. The van der Waals surface area contributed by atoms with E-state index in [1.165, 1.54) is 26.4 Å². The molecule has 1 aliphatic carbocycles. The average molecular weight is 269 g/mol. The largest absolute Gasteiger partial charge is 0.469 e. The van der Waals surface area contributed by atoms with E-state index in [9.17, 15) is 10.1 Å². The number of thioether (sulfide) groups is 1. The molecule has 0 aromatic carbocycles. The van der Waals surface area contributed by atoms with E-state index in [2.05, 4.69) is 17.7 Å². The molecule has 0 bridgehead atoms. The molecule has 0 spiro atoms. The fourth-order valence-corrected chi connectivity index (χ4v) is 4.03. The molecule has 4 heteroatoms. The molecule has 0 aromatic rings. The smallest absolute Gasteiger partial charge is 0.306 e. The minimum atomic E-state index is -0.156. The lowest BCUT2D eigenvalue weighted by Gasteiger charge is -2.32. The van der Waals surface area contributed by atoms with Crippen molar-refractivity contribution in [1.29, 1.82) is 5.26 Å². The van der Waals surface area contributed by atoms with Gasteiger partial charge in [-0.3, -0.25) is 4.79 Å². The molecular weight excluding hydrogens is 246 g/mol. The number of nitrogens with zero attached hydrogens (tertiary/aromatic N) is 1. The number of methoxy groups -OCH3 is 1. The van der Waals surface area contributed by atoms with Crippen molar-refractivity contribution < 1.29 is 9.53 Å². The van der Waals surface area contributed by atoms with Crippen LogP contribution in [0.4, 0.5) is 0 Å². The third kappa shape index (κ3) is 4.89. The van der Waals surface area contributed by atoms with Crippen LogP contribution in [0.1, 0.15) is 45.4 Å². The SMILES string of the molecule is CCCC1CCC(C#N)C(SCCC(=O)OC)C1. The zero-order chi connectivity index (χ0) is 13.4. The van der Waals surface area contributed by atoms with Gasteiger partial charge in [0.1, 0.15) is 0 Å². The summed E-state index contributed by atoms with van der Waals surface area (Å²) in [5.41, 5.74) is 0. The van der Waals surface area contributed by atoms with Gasteiger partial charge >= 0.3 is 5.97 Å². The topological polar surface area (TPSA) is 50.1 Å². The number of esters is 1. The first-order chi connectivity index (χ1) is 8.71. The second-order valence-electron chi connectivity index (χ2n) is 4.94. The first-order valence-electron chi connectivity index (χ1n) is 6.79. The van der Waals surface area contributed by atoms with Crippen molar-refractivity contribution >= 4 is 17.7 Å². The number of nitriles is 1. The van der Waals surface area contributed by atoms with Crippen molar-refractivity contribution in [2.24, 2.45) is 11.8 Å². The molecule has 1 fully saturated rings. The van der Waals surface area contributed by atoms with E-state index >= 15 is 0 Å². The molecule has 1 rings (SSSR count). The highest BCUT2D eigenvalue weighted by atomic mass is 32.2. The van der Waals surface area contributed by atoms with Crippen LogP contribution in [0.5, 0.6) is 0 Å². The van der Waals surface area contributed by atoms with Crippen molar-refractivity contribution in [3.05, 3.63) is 0 Å².